The Bertz CT molecular complexity index is 612. The van der Waals surface area contributed by atoms with E-state index in [-0.39, 0.29) is 5.38 Å². The van der Waals surface area contributed by atoms with E-state index in [2.05, 4.69) is 28.4 Å². The lowest BCUT2D eigenvalue weighted by Crippen LogP contribution is -2.32. The largest absolute Gasteiger partial charge is 0.308 e. The molecule has 108 valence electrons. The first kappa shape index (κ1) is 13.8. The van der Waals surface area contributed by atoms with Gasteiger partial charge < -0.3 is 9.47 Å². The fraction of sp³-hybridized carbons (Fsp3) is 0.600. The summed E-state index contributed by atoms with van der Waals surface area (Å²) in [6.07, 6.45) is 4.13. The van der Waals surface area contributed by atoms with Crippen LogP contribution in [0.25, 0.3) is 11.2 Å². The minimum Gasteiger partial charge on any atom is -0.308 e. The molecule has 3 rings (SSSR count). The molecule has 1 aliphatic heterocycles. The second-order valence-electron chi connectivity index (χ2n) is 5.79. The fourth-order valence-corrected chi connectivity index (χ4v) is 3.18. The van der Waals surface area contributed by atoms with E-state index >= 15 is 0 Å². The SMILES string of the molecule is Cc1ccnc2c1nc(C(C)Cl)n2C1CCN(C)CC1. The number of aryl methyl sites for hydroxylation is 1. The van der Waals surface area contributed by atoms with Gasteiger partial charge in [0, 0.05) is 12.2 Å². The smallest absolute Gasteiger partial charge is 0.160 e. The Hall–Kier alpha value is -1.13. The molecule has 2 aromatic rings. The third-order valence-corrected chi connectivity index (χ3v) is 4.41. The minimum absolute atomic E-state index is 0.0942. The van der Waals surface area contributed by atoms with Gasteiger partial charge in [0.05, 0.1) is 5.38 Å². The number of hydrogen-bond donors (Lipinski definition) is 0. The lowest BCUT2D eigenvalue weighted by Gasteiger charge is -2.31. The molecule has 1 atom stereocenters. The number of alkyl halides is 1. The third-order valence-electron chi connectivity index (χ3n) is 4.22. The van der Waals surface area contributed by atoms with Gasteiger partial charge in [-0.25, -0.2) is 9.97 Å². The van der Waals surface area contributed by atoms with Crippen molar-refractivity contribution in [2.45, 2.75) is 38.1 Å². The second-order valence-corrected chi connectivity index (χ2v) is 6.45. The summed E-state index contributed by atoms with van der Waals surface area (Å²) in [4.78, 5) is 11.7. The normalized spacial score (nSPS) is 19.6. The Balaban J connectivity index is 2.12. The molecule has 3 heterocycles. The molecular formula is C15H21ClN4. The van der Waals surface area contributed by atoms with Gasteiger partial charge in [0.2, 0.25) is 0 Å². The molecule has 1 fully saturated rings. The number of hydrogen-bond acceptors (Lipinski definition) is 3. The molecule has 5 heteroatoms. The van der Waals surface area contributed by atoms with Gasteiger partial charge in [-0.15, -0.1) is 11.6 Å². The van der Waals surface area contributed by atoms with Gasteiger partial charge in [-0.05, 0) is 58.5 Å². The van der Waals surface area contributed by atoms with Crippen molar-refractivity contribution < 1.29 is 0 Å². The Kier molecular flexibility index (Phi) is 3.69. The highest BCUT2D eigenvalue weighted by Crippen LogP contribution is 2.32. The standard InChI is InChI=1S/C15H21ClN4/c1-10-4-7-17-15-13(10)18-14(11(2)16)20(15)12-5-8-19(3)9-6-12/h4,7,11-12H,5-6,8-9H2,1-3H3. The van der Waals surface area contributed by atoms with Gasteiger partial charge in [-0.3, -0.25) is 0 Å². The van der Waals surface area contributed by atoms with Crippen LogP contribution in [0.3, 0.4) is 0 Å². The fourth-order valence-electron chi connectivity index (χ4n) is 3.02. The van der Waals surface area contributed by atoms with Crippen LogP contribution in [0.4, 0.5) is 0 Å². The van der Waals surface area contributed by atoms with Crippen LogP contribution in [0.15, 0.2) is 12.3 Å². The van der Waals surface area contributed by atoms with E-state index in [1.54, 1.807) is 0 Å². The first-order chi connectivity index (χ1) is 9.58. The lowest BCUT2D eigenvalue weighted by molar-refractivity contribution is 0.221. The van der Waals surface area contributed by atoms with Gasteiger partial charge in [0.1, 0.15) is 11.3 Å². The third kappa shape index (κ3) is 2.31. The van der Waals surface area contributed by atoms with E-state index in [9.17, 15) is 0 Å². The van der Waals surface area contributed by atoms with Gasteiger partial charge >= 0.3 is 0 Å². The summed E-state index contributed by atoms with van der Waals surface area (Å²) < 4.78 is 2.28. The summed E-state index contributed by atoms with van der Waals surface area (Å²) in [5.74, 6) is 0.956. The number of pyridine rings is 1. The summed E-state index contributed by atoms with van der Waals surface area (Å²) in [5, 5.41) is -0.0942. The predicted octanol–water partition coefficient (Wildman–Crippen LogP) is 3.31. The molecule has 0 radical (unpaired) electrons. The number of aromatic nitrogens is 3. The summed E-state index contributed by atoms with van der Waals surface area (Å²) in [6, 6.07) is 2.47. The number of fused-ring (bicyclic) bond motifs is 1. The predicted molar refractivity (Wildman–Crippen MR) is 82.3 cm³/mol. The topological polar surface area (TPSA) is 34.0 Å². The highest BCUT2D eigenvalue weighted by molar-refractivity contribution is 6.20. The monoisotopic (exact) mass is 292 g/mol. The van der Waals surface area contributed by atoms with Crippen LogP contribution in [0.5, 0.6) is 0 Å². The molecule has 0 N–H and O–H groups in total. The van der Waals surface area contributed by atoms with Crippen molar-refractivity contribution in [3.8, 4) is 0 Å². The minimum atomic E-state index is -0.0942. The van der Waals surface area contributed by atoms with Crippen LogP contribution in [0, 0.1) is 6.92 Å². The van der Waals surface area contributed by atoms with Crippen LogP contribution in [0.1, 0.15) is 42.6 Å². The zero-order chi connectivity index (χ0) is 14.3. The molecule has 1 unspecified atom stereocenters. The summed E-state index contributed by atoms with van der Waals surface area (Å²) in [5.41, 5.74) is 3.15. The van der Waals surface area contributed by atoms with E-state index in [1.165, 1.54) is 5.56 Å². The highest BCUT2D eigenvalue weighted by atomic mass is 35.5. The van der Waals surface area contributed by atoms with Crippen molar-refractivity contribution in [3.63, 3.8) is 0 Å². The lowest BCUT2D eigenvalue weighted by atomic mass is 10.0. The molecule has 0 amide bonds. The van der Waals surface area contributed by atoms with Crippen molar-refractivity contribution >= 4 is 22.8 Å². The van der Waals surface area contributed by atoms with Crippen LogP contribution < -0.4 is 0 Å². The molecule has 4 nitrogen and oxygen atoms in total. The zero-order valence-electron chi connectivity index (χ0n) is 12.3. The molecule has 0 spiro atoms. The van der Waals surface area contributed by atoms with E-state index in [1.807, 2.05) is 19.2 Å². The molecule has 0 aromatic carbocycles. The van der Waals surface area contributed by atoms with Crippen molar-refractivity contribution in [2.24, 2.45) is 0 Å². The zero-order valence-corrected chi connectivity index (χ0v) is 13.1. The maximum atomic E-state index is 6.36. The van der Waals surface area contributed by atoms with E-state index < -0.39 is 0 Å². The molecule has 0 saturated carbocycles. The van der Waals surface area contributed by atoms with Crippen LogP contribution >= 0.6 is 11.6 Å². The van der Waals surface area contributed by atoms with Crippen molar-refractivity contribution in [2.75, 3.05) is 20.1 Å². The number of halogens is 1. The Morgan fingerprint density at radius 1 is 1.35 bits per heavy atom. The summed E-state index contributed by atoms with van der Waals surface area (Å²) in [7, 11) is 2.18. The van der Waals surface area contributed by atoms with E-state index in [4.69, 9.17) is 16.6 Å². The van der Waals surface area contributed by atoms with Crippen molar-refractivity contribution in [1.82, 2.24) is 19.4 Å². The molecule has 1 saturated heterocycles. The van der Waals surface area contributed by atoms with Crippen LogP contribution in [0.2, 0.25) is 0 Å². The van der Waals surface area contributed by atoms with Crippen molar-refractivity contribution in [1.29, 1.82) is 0 Å². The van der Waals surface area contributed by atoms with Gasteiger partial charge in [-0.1, -0.05) is 0 Å². The average Bonchev–Trinajstić information content (AvgIpc) is 2.81. The molecule has 0 aliphatic carbocycles. The quantitative estimate of drug-likeness (QED) is 0.797. The van der Waals surface area contributed by atoms with Crippen LogP contribution in [-0.2, 0) is 0 Å². The second kappa shape index (κ2) is 5.34. The number of nitrogens with zero attached hydrogens (tertiary/aromatic N) is 4. The Morgan fingerprint density at radius 3 is 2.70 bits per heavy atom. The number of rotatable bonds is 2. The first-order valence-corrected chi connectivity index (χ1v) is 7.67. The van der Waals surface area contributed by atoms with Gasteiger partial charge in [-0.2, -0.15) is 0 Å². The number of piperidine rings is 1. The summed E-state index contributed by atoms with van der Waals surface area (Å²) >= 11 is 6.36. The highest BCUT2D eigenvalue weighted by Gasteiger charge is 2.25. The Labute approximate surface area is 124 Å². The Morgan fingerprint density at radius 2 is 2.05 bits per heavy atom. The van der Waals surface area contributed by atoms with Crippen LogP contribution in [-0.4, -0.2) is 39.6 Å². The number of likely N-dealkylation sites (tertiary alicyclic amines) is 1. The molecule has 1 aliphatic rings. The molecule has 2 aromatic heterocycles. The summed E-state index contributed by atoms with van der Waals surface area (Å²) in [6.45, 7) is 6.31. The molecule has 20 heavy (non-hydrogen) atoms. The van der Waals surface area contributed by atoms with Gasteiger partial charge in [0.25, 0.3) is 0 Å². The maximum absolute atomic E-state index is 6.36. The number of imidazole rings is 1. The van der Waals surface area contributed by atoms with Crippen molar-refractivity contribution in [3.05, 3.63) is 23.7 Å². The van der Waals surface area contributed by atoms with E-state index in [0.29, 0.717) is 6.04 Å². The first-order valence-electron chi connectivity index (χ1n) is 7.24. The molecular weight excluding hydrogens is 272 g/mol. The van der Waals surface area contributed by atoms with E-state index in [0.717, 1.165) is 42.9 Å². The van der Waals surface area contributed by atoms with Gasteiger partial charge in [0.15, 0.2) is 5.65 Å². The maximum Gasteiger partial charge on any atom is 0.160 e. The molecule has 0 bridgehead atoms. The average molecular weight is 293 g/mol.